The number of hydrogen-bond donors (Lipinski definition) is 1. The molecule has 1 N–H and O–H groups in total. The van der Waals surface area contributed by atoms with E-state index in [1.807, 2.05) is 12.1 Å². The maximum atomic E-state index is 10.9. The molecule has 0 saturated carbocycles. The van der Waals surface area contributed by atoms with Gasteiger partial charge >= 0.3 is 0 Å². The van der Waals surface area contributed by atoms with Gasteiger partial charge in [0, 0.05) is 6.07 Å². The zero-order valence-corrected chi connectivity index (χ0v) is 10.2. The number of nitro groups is 1. The van der Waals surface area contributed by atoms with E-state index in [0.717, 1.165) is 18.7 Å². The van der Waals surface area contributed by atoms with Crippen molar-refractivity contribution in [2.24, 2.45) is 0 Å². The Morgan fingerprint density at radius 3 is 2.88 bits per heavy atom. The number of hydrogen-bond acceptors (Lipinski definition) is 2. The van der Waals surface area contributed by atoms with E-state index in [-0.39, 0.29) is 10.6 Å². The SMILES string of the molecule is C[C@H]1CCCC[NH+]1Cc1ccccc1[N+](=O)[O-]. The van der Waals surface area contributed by atoms with Crippen molar-refractivity contribution in [1.82, 2.24) is 0 Å². The van der Waals surface area contributed by atoms with E-state index in [2.05, 4.69) is 6.92 Å². The van der Waals surface area contributed by atoms with Gasteiger partial charge in [0.05, 0.1) is 23.1 Å². The summed E-state index contributed by atoms with van der Waals surface area (Å²) < 4.78 is 0. The van der Waals surface area contributed by atoms with Crippen molar-refractivity contribution in [2.45, 2.75) is 38.8 Å². The van der Waals surface area contributed by atoms with Crippen molar-refractivity contribution >= 4 is 5.69 Å². The minimum absolute atomic E-state index is 0.262. The first-order valence-electron chi connectivity index (χ1n) is 6.25. The molecule has 1 aliphatic heterocycles. The molecule has 1 aliphatic rings. The summed E-state index contributed by atoms with van der Waals surface area (Å²) in [5, 5.41) is 10.9. The molecule has 1 heterocycles. The van der Waals surface area contributed by atoms with Gasteiger partial charge in [0.2, 0.25) is 0 Å². The first-order chi connectivity index (χ1) is 8.18. The average Bonchev–Trinajstić information content (AvgIpc) is 2.32. The van der Waals surface area contributed by atoms with Gasteiger partial charge in [0.25, 0.3) is 5.69 Å². The summed E-state index contributed by atoms with van der Waals surface area (Å²) in [6, 6.07) is 7.71. The van der Waals surface area contributed by atoms with Crippen LogP contribution in [0.2, 0.25) is 0 Å². The predicted molar refractivity (Wildman–Crippen MR) is 65.9 cm³/mol. The standard InChI is InChI=1S/C13H18N2O2/c1-11-6-4-5-9-14(11)10-12-7-2-3-8-13(12)15(16)17/h2-3,7-8,11H,4-6,9-10H2,1H3/p+1/t11-/m0/s1. The minimum Gasteiger partial charge on any atom is -0.329 e. The lowest BCUT2D eigenvalue weighted by Gasteiger charge is -2.30. The number of para-hydroxylation sites is 1. The molecule has 1 saturated heterocycles. The van der Waals surface area contributed by atoms with Gasteiger partial charge in [-0.1, -0.05) is 12.1 Å². The number of quaternary nitrogens is 1. The fourth-order valence-corrected chi connectivity index (χ4v) is 2.60. The summed E-state index contributed by atoms with van der Waals surface area (Å²) in [7, 11) is 0. The normalized spacial score (nSPS) is 24.5. The van der Waals surface area contributed by atoms with Crippen LogP contribution in [0.1, 0.15) is 31.7 Å². The molecular formula is C13H19N2O2+. The first-order valence-corrected chi connectivity index (χ1v) is 6.25. The van der Waals surface area contributed by atoms with Crippen LogP contribution in [0.3, 0.4) is 0 Å². The van der Waals surface area contributed by atoms with Crippen LogP contribution in [0.15, 0.2) is 24.3 Å². The van der Waals surface area contributed by atoms with Gasteiger partial charge in [0.1, 0.15) is 6.54 Å². The lowest BCUT2D eigenvalue weighted by Crippen LogP contribution is -3.14. The molecule has 0 radical (unpaired) electrons. The second-order valence-electron chi connectivity index (χ2n) is 4.87. The van der Waals surface area contributed by atoms with E-state index < -0.39 is 0 Å². The van der Waals surface area contributed by atoms with Crippen LogP contribution < -0.4 is 4.90 Å². The largest absolute Gasteiger partial charge is 0.329 e. The van der Waals surface area contributed by atoms with E-state index in [1.165, 1.54) is 24.2 Å². The molecule has 0 bridgehead atoms. The van der Waals surface area contributed by atoms with Crippen LogP contribution in [-0.4, -0.2) is 17.5 Å². The predicted octanol–water partition coefficient (Wildman–Crippen LogP) is 1.55. The van der Waals surface area contributed by atoms with Crippen molar-refractivity contribution < 1.29 is 9.82 Å². The Hall–Kier alpha value is -1.42. The smallest absolute Gasteiger partial charge is 0.278 e. The number of piperidine rings is 1. The zero-order valence-electron chi connectivity index (χ0n) is 10.2. The summed E-state index contributed by atoms with van der Waals surface area (Å²) in [6.45, 7) is 4.15. The van der Waals surface area contributed by atoms with Crippen molar-refractivity contribution in [3.8, 4) is 0 Å². The van der Waals surface area contributed by atoms with E-state index in [0.29, 0.717) is 6.04 Å². The van der Waals surface area contributed by atoms with Gasteiger partial charge in [-0.2, -0.15) is 0 Å². The second kappa shape index (κ2) is 5.27. The first kappa shape index (κ1) is 12.0. The third-order valence-electron chi connectivity index (χ3n) is 3.69. The van der Waals surface area contributed by atoms with E-state index in [9.17, 15) is 10.1 Å². The summed E-state index contributed by atoms with van der Waals surface area (Å²) in [5.41, 5.74) is 1.12. The Labute approximate surface area is 101 Å². The molecule has 1 aromatic carbocycles. The number of nitro benzene ring substituents is 1. The molecule has 1 unspecified atom stereocenters. The van der Waals surface area contributed by atoms with Gasteiger partial charge in [-0.05, 0) is 32.3 Å². The Bertz CT molecular complexity index is 406. The minimum atomic E-state index is -0.274. The summed E-state index contributed by atoms with van der Waals surface area (Å²) in [4.78, 5) is 12.1. The molecule has 92 valence electrons. The van der Waals surface area contributed by atoms with Gasteiger partial charge in [-0.15, -0.1) is 0 Å². The highest BCUT2D eigenvalue weighted by Crippen LogP contribution is 2.17. The summed E-state index contributed by atoms with van der Waals surface area (Å²) >= 11 is 0. The van der Waals surface area contributed by atoms with E-state index >= 15 is 0 Å². The van der Waals surface area contributed by atoms with Crippen molar-refractivity contribution in [3.05, 3.63) is 39.9 Å². The third kappa shape index (κ3) is 2.82. The molecule has 0 aliphatic carbocycles. The maximum Gasteiger partial charge on any atom is 0.278 e. The molecule has 0 spiro atoms. The zero-order chi connectivity index (χ0) is 12.3. The lowest BCUT2D eigenvalue weighted by atomic mass is 10.0. The molecule has 4 nitrogen and oxygen atoms in total. The molecule has 4 heteroatoms. The van der Waals surface area contributed by atoms with Crippen LogP contribution in [-0.2, 0) is 6.54 Å². The maximum absolute atomic E-state index is 10.9. The Balaban J connectivity index is 2.14. The number of benzene rings is 1. The molecule has 17 heavy (non-hydrogen) atoms. The van der Waals surface area contributed by atoms with Crippen LogP contribution in [0, 0.1) is 10.1 Å². The summed E-state index contributed by atoms with van der Waals surface area (Å²) in [5.74, 6) is 0. The Kier molecular flexibility index (Phi) is 3.74. The van der Waals surface area contributed by atoms with E-state index in [1.54, 1.807) is 12.1 Å². The fraction of sp³-hybridized carbons (Fsp3) is 0.538. The van der Waals surface area contributed by atoms with Crippen LogP contribution in [0.5, 0.6) is 0 Å². The lowest BCUT2D eigenvalue weighted by molar-refractivity contribution is -0.942. The number of likely N-dealkylation sites (tertiary alicyclic amines) is 1. The van der Waals surface area contributed by atoms with Gasteiger partial charge < -0.3 is 4.90 Å². The van der Waals surface area contributed by atoms with Crippen molar-refractivity contribution in [1.29, 1.82) is 0 Å². The monoisotopic (exact) mass is 235 g/mol. The van der Waals surface area contributed by atoms with Gasteiger partial charge in [-0.25, -0.2) is 0 Å². The molecule has 0 aromatic heterocycles. The highest BCUT2D eigenvalue weighted by atomic mass is 16.6. The molecule has 1 fully saturated rings. The Morgan fingerprint density at radius 2 is 2.18 bits per heavy atom. The fourth-order valence-electron chi connectivity index (χ4n) is 2.60. The highest BCUT2D eigenvalue weighted by molar-refractivity contribution is 5.39. The van der Waals surface area contributed by atoms with Crippen molar-refractivity contribution in [3.63, 3.8) is 0 Å². The highest BCUT2D eigenvalue weighted by Gasteiger charge is 2.24. The van der Waals surface area contributed by atoms with E-state index in [4.69, 9.17) is 0 Å². The topological polar surface area (TPSA) is 47.6 Å². The van der Waals surface area contributed by atoms with Crippen molar-refractivity contribution in [2.75, 3.05) is 6.54 Å². The molecule has 0 amide bonds. The number of nitrogens with zero attached hydrogens (tertiary/aromatic N) is 1. The van der Waals surface area contributed by atoms with Crippen LogP contribution in [0.25, 0.3) is 0 Å². The third-order valence-corrected chi connectivity index (χ3v) is 3.69. The number of nitrogens with one attached hydrogen (secondary N) is 1. The molecular weight excluding hydrogens is 216 g/mol. The molecule has 2 rings (SSSR count). The van der Waals surface area contributed by atoms with Crippen LogP contribution in [0.4, 0.5) is 5.69 Å². The van der Waals surface area contributed by atoms with Crippen LogP contribution >= 0.6 is 0 Å². The summed E-state index contributed by atoms with van der Waals surface area (Å²) in [6.07, 6.45) is 3.76. The Morgan fingerprint density at radius 1 is 1.41 bits per heavy atom. The van der Waals surface area contributed by atoms with Gasteiger partial charge in [0.15, 0.2) is 0 Å². The van der Waals surface area contributed by atoms with Gasteiger partial charge in [-0.3, -0.25) is 10.1 Å². The second-order valence-corrected chi connectivity index (χ2v) is 4.87. The number of rotatable bonds is 3. The average molecular weight is 235 g/mol. The quantitative estimate of drug-likeness (QED) is 0.638. The molecule has 1 aromatic rings. The molecule has 2 atom stereocenters.